The van der Waals surface area contributed by atoms with E-state index in [-0.39, 0.29) is 0 Å². The lowest BCUT2D eigenvalue weighted by Gasteiger charge is -2.20. The van der Waals surface area contributed by atoms with Crippen molar-refractivity contribution < 1.29 is 0 Å². The SMILES string of the molecule is CC(C)C(CS)Cn1c2ccccc2c2ccccc21. The number of thiol groups is 1. The van der Waals surface area contributed by atoms with E-state index in [0.717, 1.165) is 12.3 Å². The van der Waals surface area contributed by atoms with Gasteiger partial charge in [-0.25, -0.2) is 0 Å². The van der Waals surface area contributed by atoms with Crippen molar-refractivity contribution in [1.29, 1.82) is 0 Å². The number of aromatic nitrogens is 1. The van der Waals surface area contributed by atoms with E-state index in [2.05, 4.69) is 79.6 Å². The Morgan fingerprint density at radius 3 is 1.85 bits per heavy atom. The molecule has 0 fully saturated rings. The van der Waals surface area contributed by atoms with E-state index in [1.807, 2.05) is 0 Å². The molecule has 104 valence electrons. The summed E-state index contributed by atoms with van der Waals surface area (Å²) in [5.74, 6) is 2.17. The van der Waals surface area contributed by atoms with Crippen molar-refractivity contribution in [3.8, 4) is 0 Å². The molecule has 1 aromatic heterocycles. The third-order valence-electron chi connectivity index (χ3n) is 4.27. The smallest absolute Gasteiger partial charge is 0.0491 e. The molecule has 0 bridgehead atoms. The molecule has 0 aliphatic heterocycles. The van der Waals surface area contributed by atoms with Crippen LogP contribution in [-0.2, 0) is 6.54 Å². The molecule has 0 aliphatic carbocycles. The monoisotopic (exact) mass is 283 g/mol. The molecule has 2 aromatic carbocycles. The van der Waals surface area contributed by atoms with Gasteiger partial charge in [-0.1, -0.05) is 50.2 Å². The predicted octanol–water partition coefficient (Wildman–Crippen LogP) is 5.00. The maximum absolute atomic E-state index is 4.54. The zero-order valence-electron chi connectivity index (χ0n) is 12.1. The Bertz CT molecular complexity index is 673. The normalized spacial score (nSPS) is 13.4. The van der Waals surface area contributed by atoms with Gasteiger partial charge in [0.2, 0.25) is 0 Å². The van der Waals surface area contributed by atoms with E-state index >= 15 is 0 Å². The van der Waals surface area contributed by atoms with Gasteiger partial charge in [0, 0.05) is 28.4 Å². The molecule has 1 atom stereocenters. The van der Waals surface area contributed by atoms with Gasteiger partial charge >= 0.3 is 0 Å². The lowest BCUT2D eigenvalue weighted by atomic mass is 9.98. The van der Waals surface area contributed by atoms with Crippen molar-refractivity contribution in [2.45, 2.75) is 20.4 Å². The van der Waals surface area contributed by atoms with Crippen molar-refractivity contribution >= 4 is 34.4 Å². The molecular formula is C18H21NS. The highest BCUT2D eigenvalue weighted by atomic mass is 32.1. The average Bonchev–Trinajstić information content (AvgIpc) is 2.79. The molecule has 3 rings (SSSR count). The van der Waals surface area contributed by atoms with Gasteiger partial charge in [0.15, 0.2) is 0 Å². The third kappa shape index (κ3) is 2.22. The lowest BCUT2D eigenvalue weighted by molar-refractivity contribution is 0.381. The number of hydrogen-bond donors (Lipinski definition) is 1. The Morgan fingerprint density at radius 2 is 1.40 bits per heavy atom. The Labute approximate surface area is 126 Å². The minimum Gasteiger partial charge on any atom is -0.340 e. The second-order valence-corrected chi connectivity index (χ2v) is 6.20. The van der Waals surface area contributed by atoms with Gasteiger partial charge in [-0.3, -0.25) is 0 Å². The summed E-state index contributed by atoms with van der Waals surface area (Å²) < 4.78 is 2.46. The van der Waals surface area contributed by atoms with E-state index in [0.29, 0.717) is 11.8 Å². The first-order chi connectivity index (χ1) is 9.72. The van der Waals surface area contributed by atoms with Crippen LogP contribution in [0, 0.1) is 11.8 Å². The zero-order chi connectivity index (χ0) is 14.1. The van der Waals surface area contributed by atoms with Crippen LogP contribution in [0.3, 0.4) is 0 Å². The molecule has 1 unspecified atom stereocenters. The molecule has 0 radical (unpaired) electrons. The summed E-state index contributed by atoms with van der Waals surface area (Å²) in [6.07, 6.45) is 0. The summed E-state index contributed by atoms with van der Waals surface area (Å²) in [6.45, 7) is 5.61. The Hall–Kier alpha value is -1.41. The van der Waals surface area contributed by atoms with Crippen molar-refractivity contribution in [2.24, 2.45) is 11.8 Å². The number of fused-ring (bicyclic) bond motifs is 3. The van der Waals surface area contributed by atoms with Gasteiger partial charge < -0.3 is 4.57 Å². The van der Waals surface area contributed by atoms with Crippen molar-refractivity contribution in [1.82, 2.24) is 4.57 Å². The summed E-state index contributed by atoms with van der Waals surface area (Å²) in [7, 11) is 0. The Morgan fingerprint density at radius 1 is 0.900 bits per heavy atom. The highest BCUT2D eigenvalue weighted by Crippen LogP contribution is 2.30. The lowest BCUT2D eigenvalue weighted by Crippen LogP contribution is -2.17. The van der Waals surface area contributed by atoms with E-state index < -0.39 is 0 Å². The molecule has 1 heterocycles. The van der Waals surface area contributed by atoms with Crippen LogP contribution in [-0.4, -0.2) is 10.3 Å². The Kier molecular flexibility index (Phi) is 3.75. The van der Waals surface area contributed by atoms with Gasteiger partial charge in [0.1, 0.15) is 0 Å². The fourth-order valence-corrected chi connectivity index (χ4v) is 3.45. The second kappa shape index (κ2) is 5.53. The van der Waals surface area contributed by atoms with Crippen LogP contribution in [0.5, 0.6) is 0 Å². The summed E-state index contributed by atoms with van der Waals surface area (Å²) in [5, 5.41) is 2.70. The van der Waals surface area contributed by atoms with Crippen LogP contribution in [0.2, 0.25) is 0 Å². The van der Waals surface area contributed by atoms with Crippen molar-refractivity contribution in [2.75, 3.05) is 5.75 Å². The van der Waals surface area contributed by atoms with E-state index in [1.165, 1.54) is 21.8 Å². The molecule has 0 saturated carbocycles. The zero-order valence-corrected chi connectivity index (χ0v) is 13.0. The van der Waals surface area contributed by atoms with Crippen molar-refractivity contribution in [3.05, 3.63) is 48.5 Å². The molecule has 3 aromatic rings. The van der Waals surface area contributed by atoms with E-state index in [9.17, 15) is 0 Å². The molecule has 20 heavy (non-hydrogen) atoms. The van der Waals surface area contributed by atoms with Crippen LogP contribution >= 0.6 is 12.6 Å². The number of benzene rings is 2. The first-order valence-electron chi connectivity index (χ1n) is 7.29. The van der Waals surface area contributed by atoms with Crippen molar-refractivity contribution in [3.63, 3.8) is 0 Å². The van der Waals surface area contributed by atoms with Crippen LogP contribution < -0.4 is 0 Å². The summed E-state index contributed by atoms with van der Waals surface area (Å²) in [4.78, 5) is 0. The first kappa shape index (κ1) is 13.6. The molecular weight excluding hydrogens is 262 g/mol. The van der Waals surface area contributed by atoms with Crippen LogP contribution in [0.1, 0.15) is 13.8 Å². The molecule has 2 heteroatoms. The van der Waals surface area contributed by atoms with E-state index in [4.69, 9.17) is 0 Å². The standard InChI is InChI=1S/C18H21NS/c1-13(2)14(12-20)11-19-17-9-5-3-7-15(17)16-8-4-6-10-18(16)19/h3-10,13-14,20H,11-12H2,1-2H3. The molecule has 0 spiro atoms. The predicted molar refractivity (Wildman–Crippen MR) is 91.6 cm³/mol. The van der Waals surface area contributed by atoms with Crippen LogP contribution in [0.25, 0.3) is 21.8 Å². The fourth-order valence-electron chi connectivity index (χ4n) is 2.91. The molecule has 0 N–H and O–H groups in total. The van der Waals surface area contributed by atoms with Crippen LogP contribution in [0.4, 0.5) is 0 Å². The highest BCUT2D eigenvalue weighted by Gasteiger charge is 2.16. The van der Waals surface area contributed by atoms with Gasteiger partial charge in [-0.2, -0.15) is 12.6 Å². The maximum Gasteiger partial charge on any atom is 0.0491 e. The van der Waals surface area contributed by atoms with Gasteiger partial charge in [0.05, 0.1) is 0 Å². The van der Waals surface area contributed by atoms with Crippen LogP contribution in [0.15, 0.2) is 48.5 Å². The van der Waals surface area contributed by atoms with Gasteiger partial charge in [-0.05, 0) is 29.7 Å². The molecule has 1 nitrogen and oxygen atoms in total. The fraction of sp³-hybridized carbons (Fsp3) is 0.333. The van der Waals surface area contributed by atoms with Gasteiger partial charge in [-0.15, -0.1) is 0 Å². The van der Waals surface area contributed by atoms with E-state index in [1.54, 1.807) is 0 Å². The first-order valence-corrected chi connectivity index (χ1v) is 7.92. The largest absolute Gasteiger partial charge is 0.340 e. The Balaban J connectivity index is 2.21. The molecule has 0 amide bonds. The minimum atomic E-state index is 0.595. The summed E-state index contributed by atoms with van der Waals surface area (Å²) in [5.41, 5.74) is 2.67. The number of nitrogens with zero attached hydrogens (tertiary/aromatic N) is 1. The van der Waals surface area contributed by atoms with Gasteiger partial charge in [0.25, 0.3) is 0 Å². The average molecular weight is 283 g/mol. The summed E-state index contributed by atoms with van der Waals surface area (Å²) in [6, 6.07) is 17.4. The quantitative estimate of drug-likeness (QED) is 0.643. The second-order valence-electron chi connectivity index (χ2n) is 5.83. The minimum absolute atomic E-state index is 0.595. The number of para-hydroxylation sites is 2. The molecule has 0 saturated heterocycles. The number of rotatable bonds is 4. The highest BCUT2D eigenvalue weighted by molar-refractivity contribution is 7.80. The maximum atomic E-state index is 4.54. The summed E-state index contributed by atoms with van der Waals surface area (Å²) >= 11 is 4.54. The number of hydrogen-bond acceptors (Lipinski definition) is 1. The third-order valence-corrected chi connectivity index (χ3v) is 4.74. The topological polar surface area (TPSA) is 4.93 Å². The molecule has 0 aliphatic rings.